The summed E-state index contributed by atoms with van der Waals surface area (Å²) in [6, 6.07) is 9.66. The molecule has 0 saturated carbocycles. The van der Waals surface area contributed by atoms with Gasteiger partial charge in [0, 0.05) is 30.7 Å². The van der Waals surface area contributed by atoms with Gasteiger partial charge in [0.2, 0.25) is 0 Å². The fraction of sp³-hybridized carbons (Fsp3) is 0.235. The number of hydrogen-bond acceptors (Lipinski definition) is 4. The molecule has 1 aromatic heterocycles. The van der Waals surface area contributed by atoms with Crippen LogP contribution in [0.2, 0.25) is 0 Å². The molecule has 1 aliphatic rings. The van der Waals surface area contributed by atoms with Gasteiger partial charge in [-0.05, 0) is 49.2 Å². The lowest BCUT2D eigenvalue weighted by Crippen LogP contribution is -2.24. The first kappa shape index (κ1) is 15.8. The molecule has 7 nitrogen and oxygen atoms in total. The lowest BCUT2D eigenvalue weighted by molar-refractivity contribution is 0.102. The zero-order valence-electron chi connectivity index (χ0n) is 13.2. The highest BCUT2D eigenvalue weighted by molar-refractivity contribution is 6.07. The maximum absolute atomic E-state index is 12.6. The molecule has 1 aliphatic heterocycles. The number of carbonyl (C=O) groups is 2. The molecule has 7 heteroatoms. The highest BCUT2D eigenvalue weighted by Gasteiger charge is 2.20. The van der Waals surface area contributed by atoms with E-state index in [0.717, 1.165) is 31.7 Å². The summed E-state index contributed by atoms with van der Waals surface area (Å²) in [6.07, 6.45) is 3.94. The average molecular weight is 325 g/mol. The van der Waals surface area contributed by atoms with E-state index in [1.807, 2.05) is 0 Å². The first-order valence-corrected chi connectivity index (χ1v) is 7.81. The topological polar surface area (TPSA) is 100 Å². The van der Waals surface area contributed by atoms with Crippen molar-refractivity contribution in [3.8, 4) is 0 Å². The lowest BCUT2D eigenvalue weighted by Gasteiger charge is -2.19. The van der Waals surface area contributed by atoms with Gasteiger partial charge in [0.05, 0.1) is 5.56 Å². The number of aromatic nitrogens is 1. The number of carbonyl (C=O) groups excluding carboxylic acids is 2. The lowest BCUT2D eigenvalue weighted by atomic mass is 10.2. The van der Waals surface area contributed by atoms with E-state index in [-0.39, 0.29) is 5.91 Å². The van der Waals surface area contributed by atoms with Crippen molar-refractivity contribution in [2.24, 2.45) is 5.73 Å². The maximum Gasteiger partial charge on any atom is 0.316 e. The zero-order valence-corrected chi connectivity index (χ0v) is 13.2. The van der Waals surface area contributed by atoms with E-state index in [4.69, 9.17) is 5.73 Å². The average Bonchev–Trinajstić information content (AvgIpc) is 3.10. The quantitative estimate of drug-likeness (QED) is 0.803. The van der Waals surface area contributed by atoms with Crippen LogP contribution in [0, 0.1) is 0 Å². The summed E-state index contributed by atoms with van der Waals surface area (Å²) < 4.78 is 0. The summed E-state index contributed by atoms with van der Waals surface area (Å²) >= 11 is 0. The van der Waals surface area contributed by atoms with Crippen LogP contribution in [0.25, 0.3) is 0 Å². The Balaban J connectivity index is 1.74. The number of anilines is 3. The van der Waals surface area contributed by atoms with Crippen LogP contribution in [-0.2, 0) is 0 Å². The standard InChI is InChI=1S/C17H19N5O2/c18-17(24)21-13-7-5-12(6-8-13)20-16(23)14-4-3-9-19-15(14)22-10-1-2-11-22/h3-9H,1-2,10-11H2,(H,20,23)(H3,18,21,24). The van der Waals surface area contributed by atoms with Crippen LogP contribution in [0.5, 0.6) is 0 Å². The number of nitrogens with two attached hydrogens (primary N) is 1. The predicted octanol–water partition coefficient (Wildman–Crippen LogP) is 2.42. The first-order chi connectivity index (χ1) is 11.6. The van der Waals surface area contributed by atoms with Crippen molar-refractivity contribution in [2.75, 3.05) is 28.6 Å². The molecule has 0 spiro atoms. The van der Waals surface area contributed by atoms with Gasteiger partial charge in [-0.1, -0.05) is 0 Å². The monoisotopic (exact) mass is 325 g/mol. The van der Waals surface area contributed by atoms with Crippen molar-refractivity contribution in [3.63, 3.8) is 0 Å². The molecular formula is C17H19N5O2. The molecule has 2 aromatic rings. The van der Waals surface area contributed by atoms with Crippen LogP contribution in [0.3, 0.4) is 0 Å². The van der Waals surface area contributed by atoms with Crippen molar-refractivity contribution in [1.29, 1.82) is 0 Å². The van der Waals surface area contributed by atoms with Crippen LogP contribution in [0.4, 0.5) is 22.0 Å². The summed E-state index contributed by atoms with van der Waals surface area (Å²) in [5, 5.41) is 5.33. The Morgan fingerprint density at radius 1 is 1.00 bits per heavy atom. The molecule has 1 saturated heterocycles. The fourth-order valence-electron chi connectivity index (χ4n) is 2.73. The Hall–Kier alpha value is -3.09. The molecule has 24 heavy (non-hydrogen) atoms. The minimum atomic E-state index is -0.627. The third-order valence-corrected chi connectivity index (χ3v) is 3.85. The number of pyridine rings is 1. The van der Waals surface area contributed by atoms with Crippen LogP contribution < -0.4 is 21.3 Å². The van der Waals surface area contributed by atoms with E-state index in [9.17, 15) is 9.59 Å². The smallest absolute Gasteiger partial charge is 0.316 e. The van der Waals surface area contributed by atoms with E-state index in [0.29, 0.717) is 16.9 Å². The van der Waals surface area contributed by atoms with Crippen LogP contribution in [0.15, 0.2) is 42.6 Å². The summed E-state index contributed by atoms with van der Waals surface area (Å²) in [6.45, 7) is 1.84. The van der Waals surface area contributed by atoms with Gasteiger partial charge in [0.1, 0.15) is 5.82 Å². The Morgan fingerprint density at radius 3 is 2.25 bits per heavy atom. The van der Waals surface area contributed by atoms with Crippen LogP contribution in [0.1, 0.15) is 23.2 Å². The number of benzene rings is 1. The molecule has 3 rings (SSSR count). The molecule has 124 valence electrons. The summed E-state index contributed by atoms with van der Waals surface area (Å²) in [7, 11) is 0. The Kier molecular flexibility index (Phi) is 4.60. The Morgan fingerprint density at radius 2 is 1.62 bits per heavy atom. The third-order valence-electron chi connectivity index (χ3n) is 3.85. The molecule has 0 bridgehead atoms. The van der Waals surface area contributed by atoms with Crippen molar-refractivity contribution in [3.05, 3.63) is 48.2 Å². The predicted molar refractivity (Wildman–Crippen MR) is 93.3 cm³/mol. The number of urea groups is 1. The maximum atomic E-state index is 12.6. The van der Waals surface area contributed by atoms with Crippen molar-refractivity contribution in [2.45, 2.75) is 12.8 Å². The largest absolute Gasteiger partial charge is 0.356 e. The molecule has 0 unspecified atom stereocenters. The molecule has 0 aliphatic carbocycles. The van der Waals surface area contributed by atoms with E-state index in [1.165, 1.54) is 0 Å². The number of rotatable bonds is 4. The normalized spacial score (nSPS) is 13.6. The van der Waals surface area contributed by atoms with Gasteiger partial charge in [-0.2, -0.15) is 0 Å². The van der Waals surface area contributed by atoms with Gasteiger partial charge in [-0.3, -0.25) is 4.79 Å². The van der Waals surface area contributed by atoms with Gasteiger partial charge in [-0.25, -0.2) is 9.78 Å². The van der Waals surface area contributed by atoms with E-state index in [1.54, 1.807) is 42.6 Å². The minimum Gasteiger partial charge on any atom is -0.356 e. The number of hydrogen-bond donors (Lipinski definition) is 3. The highest BCUT2D eigenvalue weighted by atomic mass is 16.2. The Labute approximate surface area is 139 Å². The fourth-order valence-corrected chi connectivity index (χ4v) is 2.73. The number of amides is 3. The molecule has 2 heterocycles. The second-order valence-electron chi connectivity index (χ2n) is 5.59. The van der Waals surface area contributed by atoms with E-state index < -0.39 is 6.03 Å². The molecule has 4 N–H and O–H groups in total. The van der Waals surface area contributed by atoms with Crippen LogP contribution in [-0.4, -0.2) is 30.0 Å². The Bertz CT molecular complexity index is 739. The van der Waals surface area contributed by atoms with Crippen molar-refractivity contribution < 1.29 is 9.59 Å². The number of primary amides is 1. The third kappa shape index (κ3) is 3.62. The molecule has 3 amide bonds. The zero-order chi connectivity index (χ0) is 16.9. The second-order valence-corrected chi connectivity index (χ2v) is 5.59. The van der Waals surface area contributed by atoms with E-state index in [2.05, 4.69) is 20.5 Å². The molecular weight excluding hydrogens is 306 g/mol. The summed E-state index contributed by atoms with van der Waals surface area (Å²) in [5.74, 6) is 0.514. The van der Waals surface area contributed by atoms with Gasteiger partial charge in [0.25, 0.3) is 5.91 Å². The highest BCUT2D eigenvalue weighted by Crippen LogP contribution is 2.23. The molecule has 0 atom stereocenters. The van der Waals surface area contributed by atoms with Gasteiger partial charge in [0.15, 0.2) is 0 Å². The van der Waals surface area contributed by atoms with Gasteiger partial charge in [-0.15, -0.1) is 0 Å². The van der Waals surface area contributed by atoms with Crippen molar-refractivity contribution >= 4 is 29.1 Å². The summed E-state index contributed by atoms with van der Waals surface area (Å²) in [4.78, 5) is 29.9. The van der Waals surface area contributed by atoms with Gasteiger partial charge < -0.3 is 21.3 Å². The van der Waals surface area contributed by atoms with E-state index >= 15 is 0 Å². The minimum absolute atomic E-state index is 0.208. The summed E-state index contributed by atoms with van der Waals surface area (Å²) in [5.41, 5.74) is 6.82. The molecule has 0 radical (unpaired) electrons. The molecule has 1 aromatic carbocycles. The number of nitrogens with zero attached hydrogens (tertiary/aromatic N) is 2. The van der Waals surface area contributed by atoms with Gasteiger partial charge >= 0.3 is 6.03 Å². The van der Waals surface area contributed by atoms with Crippen molar-refractivity contribution in [1.82, 2.24) is 4.98 Å². The van der Waals surface area contributed by atoms with Crippen LogP contribution >= 0.6 is 0 Å². The SMILES string of the molecule is NC(=O)Nc1ccc(NC(=O)c2cccnc2N2CCCC2)cc1. The molecule has 1 fully saturated rings. The second kappa shape index (κ2) is 6.99. The number of nitrogens with one attached hydrogen (secondary N) is 2. The first-order valence-electron chi connectivity index (χ1n) is 7.81.